The highest BCUT2D eigenvalue weighted by Crippen LogP contribution is 2.36. The standard InChI is InChI=1S/C11H23NO2Si/c1-11(2,3)15(4,5)14-8-9-6-7-12-10(9)13/h9H,6-8H2,1-5H3,(H,12,13). The summed E-state index contributed by atoms with van der Waals surface area (Å²) in [4.78, 5) is 11.4. The molecule has 0 saturated carbocycles. The third-order valence-corrected chi connectivity index (χ3v) is 8.12. The summed E-state index contributed by atoms with van der Waals surface area (Å²) in [6.07, 6.45) is 0.924. The lowest BCUT2D eigenvalue weighted by Crippen LogP contribution is -2.42. The minimum Gasteiger partial charge on any atom is -0.416 e. The van der Waals surface area contributed by atoms with Crippen molar-refractivity contribution in [3.05, 3.63) is 0 Å². The third-order valence-electron chi connectivity index (χ3n) is 3.61. The van der Waals surface area contributed by atoms with Gasteiger partial charge in [-0.25, -0.2) is 0 Å². The van der Waals surface area contributed by atoms with Gasteiger partial charge in [-0.2, -0.15) is 0 Å². The van der Waals surface area contributed by atoms with Crippen molar-refractivity contribution >= 4 is 14.2 Å². The SMILES string of the molecule is CC(C)(C)[Si](C)(C)OCC1CCNC1=O. The van der Waals surface area contributed by atoms with Crippen LogP contribution in [0.3, 0.4) is 0 Å². The summed E-state index contributed by atoms with van der Waals surface area (Å²) in [6.45, 7) is 12.5. The summed E-state index contributed by atoms with van der Waals surface area (Å²) >= 11 is 0. The van der Waals surface area contributed by atoms with Crippen LogP contribution < -0.4 is 5.32 Å². The first kappa shape index (κ1) is 12.7. The van der Waals surface area contributed by atoms with Crippen molar-refractivity contribution in [3.63, 3.8) is 0 Å². The molecule has 0 radical (unpaired) electrons. The van der Waals surface area contributed by atoms with Gasteiger partial charge in [-0.05, 0) is 24.6 Å². The zero-order valence-electron chi connectivity index (χ0n) is 10.5. The fourth-order valence-electron chi connectivity index (χ4n) is 1.33. The van der Waals surface area contributed by atoms with Gasteiger partial charge in [0.15, 0.2) is 8.32 Å². The largest absolute Gasteiger partial charge is 0.416 e. The molecule has 4 heteroatoms. The van der Waals surface area contributed by atoms with Crippen LogP contribution in [0.25, 0.3) is 0 Å². The van der Waals surface area contributed by atoms with Crippen LogP contribution in [0.15, 0.2) is 0 Å². The molecular formula is C11H23NO2Si. The first-order valence-electron chi connectivity index (χ1n) is 5.66. The lowest BCUT2D eigenvalue weighted by molar-refractivity contribution is -0.123. The topological polar surface area (TPSA) is 38.3 Å². The first-order chi connectivity index (χ1) is 6.74. The minimum atomic E-state index is -1.68. The first-order valence-corrected chi connectivity index (χ1v) is 8.56. The molecule has 15 heavy (non-hydrogen) atoms. The van der Waals surface area contributed by atoms with Crippen molar-refractivity contribution in [2.45, 2.75) is 45.3 Å². The average molecular weight is 229 g/mol. The van der Waals surface area contributed by atoms with E-state index in [0.717, 1.165) is 13.0 Å². The van der Waals surface area contributed by atoms with Gasteiger partial charge >= 0.3 is 0 Å². The summed E-state index contributed by atoms with van der Waals surface area (Å²) in [6, 6.07) is 0. The van der Waals surface area contributed by atoms with Crippen LogP contribution in [0.5, 0.6) is 0 Å². The summed E-state index contributed by atoms with van der Waals surface area (Å²) in [5.74, 6) is 0.243. The van der Waals surface area contributed by atoms with E-state index in [2.05, 4.69) is 39.2 Å². The predicted octanol–water partition coefficient (Wildman–Crippen LogP) is 2.14. The number of nitrogens with one attached hydrogen (secondary N) is 1. The van der Waals surface area contributed by atoms with E-state index in [9.17, 15) is 4.79 Å². The van der Waals surface area contributed by atoms with Gasteiger partial charge in [0.2, 0.25) is 5.91 Å². The number of amides is 1. The van der Waals surface area contributed by atoms with Crippen molar-refractivity contribution in [1.82, 2.24) is 5.32 Å². The molecule has 0 aromatic carbocycles. The van der Waals surface area contributed by atoms with Crippen molar-refractivity contribution in [2.24, 2.45) is 5.92 Å². The predicted molar refractivity (Wildman–Crippen MR) is 64.3 cm³/mol. The molecule has 1 amide bonds. The van der Waals surface area contributed by atoms with E-state index in [1.165, 1.54) is 0 Å². The van der Waals surface area contributed by atoms with Crippen molar-refractivity contribution in [3.8, 4) is 0 Å². The second kappa shape index (κ2) is 4.26. The Morgan fingerprint density at radius 2 is 2.07 bits per heavy atom. The molecule has 0 aromatic heterocycles. The van der Waals surface area contributed by atoms with Crippen LogP contribution in [0.1, 0.15) is 27.2 Å². The Bertz CT molecular complexity index is 245. The Morgan fingerprint density at radius 3 is 2.47 bits per heavy atom. The van der Waals surface area contributed by atoms with E-state index in [0.29, 0.717) is 6.61 Å². The van der Waals surface area contributed by atoms with Gasteiger partial charge in [0, 0.05) is 13.2 Å². The van der Waals surface area contributed by atoms with Crippen LogP contribution in [0, 0.1) is 5.92 Å². The average Bonchev–Trinajstić information content (AvgIpc) is 2.46. The Morgan fingerprint density at radius 1 is 1.47 bits per heavy atom. The molecule has 1 aliphatic heterocycles. The molecule has 1 aliphatic rings. The van der Waals surface area contributed by atoms with Gasteiger partial charge in [0.25, 0.3) is 0 Å². The number of carbonyl (C=O) groups is 1. The molecule has 3 nitrogen and oxygen atoms in total. The maximum Gasteiger partial charge on any atom is 0.225 e. The van der Waals surface area contributed by atoms with E-state index in [1.54, 1.807) is 0 Å². The van der Waals surface area contributed by atoms with E-state index >= 15 is 0 Å². The Hall–Kier alpha value is -0.353. The fraction of sp³-hybridized carbons (Fsp3) is 0.909. The number of carbonyl (C=O) groups excluding carboxylic acids is 1. The van der Waals surface area contributed by atoms with Gasteiger partial charge < -0.3 is 9.74 Å². The number of hydrogen-bond acceptors (Lipinski definition) is 2. The molecule has 1 heterocycles. The maximum atomic E-state index is 11.4. The molecule has 1 N–H and O–H groups in total. The Kier molecular flexibility index (Phi) is 3.61. The van der Waals surface area contributed by atoms with E-state index in [4.69, 9.17) is 4.43 Å². The molecule has 0 bridgehead atoms. The van der Waals surface area contributed by atoms with Crippen LogP contribution >= 0.6 is 0 Å². The molecule has 1 rings (SSSR count). The van der Waals surface area contributed by atoms with Gasteiger partial charge in [0.1, 0.15) is 0 Å². The highest BCUT2D eigenvalue weighted by atomic mass is 28.4. The molecule has 1 unspecified atom stereocenters. The quantitative estimate of drug-likeness (QED) is 0.753. The molecule has 0 aliphatic carbocycles. The van der Waals surface area contributed by atoms with Crippen molar-refractivity contribution in [1.29, 1.82) is 0 Å². The van der Waals surface area contributed by atoms with Gasteiger partial charge in [-0.1, -0.05) is 20.8 Å². The number of rotatable bonds is 3. The van der Waals surface area contributed by atoms with E-state index in [1.807, 2.05) is 0 Å². The Labute approximate surface area is 93.7 Å². The molecule has 1 atom stereocenters. The third kappa shape index (κ3) is 3.05. The zero-order chi connectivity index (χ0) is 11.7. The van der Waals surface area contributed by atoms with Gasteiger partial charge in [0.05, 0.1) is 5.92 Å². The molecule has 88 valence electrons. The zero-order valence-corrected chi connectivity index (χ0v) is 11.5. The van der Waals surface area contributed by atoms with Crippen LogP contribution in [0.2, 0.25) is 18.1 Å². The van der Waals surface area contributed by atoms with Gasteiger partial charge in [-0.3, -0.25) is 4.79 Å². The maximum absolute atomic E-state index is 11.4. The minimum absolute atomic E-state index is 0.0825. The lowest BCUT2D eigenvalue weighted by atomic mass is 10.1. The highest BCUT2D eigenvalue weighted by molar-refractivity contribution is 6.74. The Balaban J connectivity index is 2.46. The summed E-state index contributed by atoms with van der Waals surface area (Å²) in [5.41, 5.74) is 0. The lowest BCUT2D eigenvalue weighted by Gasteiger charge is -2.36. The molecule has 0 spiro atoms. The summed E-state index contributed by atoms with van der Waals surface area (Å²) < 4.78 is 6.03. The molecule has 0 aromatic rings. The molecule has 1 saturated heterocycles. The highest BCUT2D eigenvalue weighted by Gasteiger charge is 2.38. The fourth-order valence-corrected chi connectivity index (χ4v) is 2.38. The second-order valence-corrected chi connectivity index (χ2v) is 10.7. The molecular weight excluding hydrogens is 206 g/mol. The summed E-state index contributed by atoms with van der Waals surface area (Å²) in [7, 11) is -1.68. The van der Waals surface area contributed by atoms with Crippen LogP contribution in [-0.2, 0) is 9.22 Å². The normalized spacial score (nSPS) is 23.0. The van der Waals surface area contributed by atoms with Gasteiger partial charge in [-0.15, -0.1) is 0 Å². The smallest absolute Gasteiger partial charge is 0.225 e. The van der Waals surface area contributed by atoms with Crippen molar-refractivity contribution < 1.29 is 9.22 Å². The number of hydrogen-bond donors (Lipinski definition) is 1. The van der Waals surface area contributed by atoms with E-state index in [-0.39, 0.29) is 16.9 Å². The monoisotopic (exact) mass is 229 g/mol. The molecule has 1 fully saturated rings. The second-order valence-electron chi connectivity index (χ2n) is 5.85. The van der Waals surface area contributed by atoms with E-state index < -0.39 is 8.32 Å². The summed E-state index contributed by atoms with van der Waals surface area (Å²) in [5, 5.41) is 3.07. The van der Waals surface area contributed by atoms with Crippen LogP contribution in [-0.4, -0.2) is 27.4 Å². The van der Waals surface area contributed by atoms with Crippen LogP contribution in [0.4, 0.5) is 0 Å². The van der Waals surface area contributed by atoms with Crippen molar-refractivity contribution in [2.75, 3.05) is 13.2 Å².